The van der Waals surface area contributed by atoms with Crippen molar-refractivity contribution in [3.05, 3.63) is 45.4 Å². The first-order chi connectivity index (χ1) is 14.0. The molecular formula is C22H28BrClN2O3. The molecule has 0 atom stereocenters. The van der Waals surface area contributed by atoms with Crippen molar-refractivity contribution in [3.8, 4) is 11.5 Å². The van der Waals surface area contributed by atoms with Crippen LogP contribution in [0.2, 0.25) is 5.02 Å². The van der Waals surface area contributed by atoms with Crippen molar-refractivity contribution in [3.63, 3.8) is 0 Å². The molecule has 1 heterocycles. The monoisotopic (exact) mass is 482 g/mol. The Morgan fingerprint density at radius 1 is 1.21 bits per heavy atom. The second kappa shape index (κ2) is 10.4. The number of ether oxygens (including phenoxy) is 3. The smallest absolute Gasteiger partial charge is 0.175 e. The number of nitrogens with zero attached hydrogens (tertiary/aromatic N) is 1. The highest BCUT2D eigenvalue weighted by Crippen LogP contribution is 2.38. The largest absolute Gasteiger partial charge is 0.490 e. The van der Waals surface area contributed by atoms with Crippen LogP contribution in [0.1, 0.15) is 26.3 Å². The van der Waals surface area contributed by atoms with Crippen LogP contribution in [0.4, 0.5) is 11.4 Å². The first-order valence-electron chi connectivity index (χ1n) is 9.96. The van der Waals surface area contributed by atoms with Crippen molar-refractivity contribution in [2.24, 2.45) is 0 Å². The third-order valence-corrected chi connectivity index (χ3v) is 5.41. The van der Waals surface area contributed by atoms with Gasteiger partial charge < -0.3 is 24.4 Å². The Kier molecular flexibility index (Phi) is 7.92. The summed E-state index contributed by atoms with van der Waals surface area (Å²) in [6.07, 6.45) is 0.0709. The molecule has 0 aliphatic carbocycles. The van der Waals surface area contributed by atoms with Gasteiger partial charge in [0, 0.05) is 25.3 Å². The molecule has 1 N–H and O–H groups in total. The van der Waals surface area contributed by atoms with Crippen LogP contribution in [-0.2, 0) is 11.3 Å². The molecular weight excluding hydrogens is 456 g/mol. The molecule has 2 aromatic carbocycles. The van der Waals surface area contributed by atoms with Crippen LogP contribution < -0.4 is 19.7 Å². The molecule has 0 amide bonds. The van der Waals surface area contributed by atoms with Crippen molar-refractivity contribution in [2.75, 3.05) is 43.1 Å². The van der Waals surface area contributed by atoms with Gasteiger partial charge in [-0.2, -0.15) is 0 Å². The number of rotatable bonds is 8. The van der Waals surface area contributed by atoms with Crippen molar-refractivity contribution in [1.29, 1.82) is 0 Å². The lowest BCUT2D eigenvalue weighted by Crippen LogP contribution is -2.36. The summed E-state index contributed by atoms with van der Waals surface area (Å²) in [5.74, 6) is 1.48. The highest BCUT2D eigenvalue weighted by molar-refractivity contribution is 9.10. The van der Waals surface area contributed by atoms with Crippen LogP contribution in [0.15, 0.2) is 34.8 Å². The fraction of sp³-hybridized carbons (Fsp3) is 0.455. The third-order valence-electron chi connectivity index (χ3n) is 4.52. The number of morpholine rings is 1. The van der Waals surface area contributed by atoms with Gasteiger partial charge in [0.05, 0.1) is 41.1 Å². The highest BCUT2D eigenvalue weighted by Gasteiger charge is 2.16. The van der Waals surface area contributed by atoms with E-state index in [9.17, 15) is 0 Å². The molecule has 1 aliphatic heterocycles. The molecule has 0 bridgehead atoms. The Labute approximate surface area is 186 Å². The SMILES string of the molecule is CCOc1cc(CNc2ccc(N3CCOCC3)c(Cl)c2)cc(Br)c1OC(C)C. The maximum atomic E-state index is 6.54. The van der Waals surface area contributed by atoms with Crippen LogP contribution in [0, 0.1) is 0 Å². The summed E-state index contributed by atoms with van der Waals surface area (Å²) in [7, 11) is 0. The Morgan fingerprint density at radius 3 is 2.62 bits per heavy atom. The van der Waals surface area contributed by atoms with Gasteiger partial charge in [-0.3, -0.25) is 0 Å². The average molecular weight is 484 g/mol. The van der Waals surface area contributed by atoms with E-state index in [0.29, 0.717) is 13.2 Å². The lowest BCUT2D eigenvalue weighted by atomic mass is 10.2. The van der Waals surface area contributed by atoms with Crippen LogP contribution in [0.3, 0.4) is 0 Å². The van der Waals surface area contributed by atoms with Crippen molar-refractivity contribution >= 4 is 38.9 Å². The van der Waals surface area contributed by atoms with E-state index in [-0.39, 0.29) is 6.10 Å². The van der Waals surface area contributed by atoms with E-state index in [1.165, 1.54) is 0 Å². The molecule has 29 heavy (non-hydrogen) atoms. The van der Waals surface area contributed by atoms with Crippen LogP contribution >= 0.6 is 27.5 Å². The van der Waals surface area contributed by atoms with Gasteiger partial charge in [0.15, 0.2) is 11.5 Å². The van der Waals surface area contributed by atoms with Gasteiger partial charge >= 0.3 is 0 Å². The van der Waals surface area contributed by atoms with Crippen molar-refractivity contribution in [1.82, 2.24) is 0 Å². The van der Waals surface area contributed by atoms with Gasteiger partial charge in [-0.25, -0.2) is 0 Å². The molecule has 1 aliphatic rings. The summed E-state index contributed by atoms with van der Waals surface area (Å²) in [5.41, 5.74) is 3.12. The minimum atomic E-state index is 0.0709. The van der Waals surface area contributed by atoms with Crippen LogP contribution in [0.25, 0.3) is 0 Å². The molecule has 2 aromatic rings. The summed E-state index contributed by atoms with van der Waals surface area (Å²) in [6, 6.07) is 10.2. The van der Waals surface area contributed by atoms with E-state index in [0.717, 1.165) is 64.2 Å². The first-order valence-corrected chi connectivity index (χ1v) is 11.1. The van der Waals surface area contributed by atoms with Crippen molar-refractivity contribution in [2.45, 2.75) is 33.4 Å². The van der Waals surface area contributed by atoms with E-state index >= 15 is 0 Å². The van der Waals surface area contributed by atoms with E-state index in [1.54, 1.807) is 0 Å². The minimum absolute atomic E-state index is 0.0709. The minimum Gasteiger partial charge on any atom is -0.490 e. The van der Waals surface area contributed by atoms with Gasteiger partial charge in [-0.15, -0.1) is 0 Å². The summed E-state index contributed by atoms with van der Waals surface area (Å²) >= 11 is 10.2. The quantitative estimate of drug-likeness (QED) is 0.519. The van der Waals surface area contributed by atoms with E-state index in [2.05, 4.69) is 44.3 Å². The number of halogens is 2. The molecule has 158 valence electrons. The topological polar surface area (TPSA) is 43.0 Å². The summed E-state index contributed by atoms with van der Waals surface area (Å²) in [6.45, 7) is 10.4. The lowest BCUT2D eigenvalue weighted by molar-refractivity contribution is 0.122. The van der Waals surface area contributed by atoms with E-state index in [4.69, 9.17) is 25.8 Å². The predicted octanol–water partition coefficient (Wildman–Crippen LogP) is 5.74. The molecule has 1 saturated heterocycles. The standard InChI is InChI=1S/C22H28BrClN2O3/c1-4-28-21-12-16(11-18(23)22(21)29-15(2)3)14-25-17-5-6-20(19(24)13-17)26-7-9-27-10-8-26/h5-6,11-13,15,25H,4,7-10,14H2,1-3H3. The summed E-state index contributed by atoms with van der Waals surface area (Å²) in [5, 5.41) is 4.19. The summed E-state index contributed by atoms with van der Waals surface area (Å²) in [4.78, 5) is 2.26. The molecule has 0 spiro atoms. The van der Waals surface area contributed by atoms with Crippen molar-refractivity contribution < 1.29 is 14.2 Å². The van der Waals surface area contributed by atoms with E-state index < -0.39 is 0 Å². The molecule has 0 aromatic heterocycles. The van der Waals surface area contributed by atoms with E-state index in [1.807, 2.05) is 32.9 Å². The van der Waals surface area contributed by atoms with Gasteiger partial charge in [0.2, 0.25) is 0 Å². The maximum Gasteiger partial charge on any atom is 0.175 e. The molecule has 3 rings (SSSR count). The Hall–Kier alpha value is -1.63. The zero-order valence-corrected chi connectivity index (χ0v) is 19.5. The summed E-state index contributed by atoms with van der Waals surface area (Å²) < 4.78 is 18.0. The highest BCUT2D eigenvalue weighted by atomic mass is 79.9. The normalized spacial score (nSPS) is 14.2. The number of anilines is 2. The second-order valence-corrected chi connectivity index (χ2v) is 8.39. The molecule has 0 saturated carbocycles. The average Bonchev–Trinajstić information content (AvgIpc) is 2.70. The number of hydrogen-bond donors (Lipinski definition) is 1. The predicted molar refractivity (Wildman–Crippen MR) is 123 cm³/mol. The van der Waals surface area contributed by atoms with Gasteiger partial charge in [0.1, 0.15) is 0 Å². The third kappa shape index (κ3) is 5.93. The molecule has 0 unspecified atom stereocenters. The second-order valence-electron chi connectivity index (χ2n) is 7.12. The Morgan fingerprint density at radius 2 is 1.97 bits per heavy atom. The van der Waals surface area contributed by atoms with Crippen LogP contribution in [-0.4, -0.2) is 39.0 Å². The van der Waals surface area contributed by atoms with Gasteiger partial charge in [0.25, 0.3) is 0 Å². The lowest BCUT2D eigenvalue weighted by Gasteiger charge is -2.29. The molecule has 1 fully saturated rings. The number of benzene rings is 2. The maximum absolute atomic E-state index is 6.54. The number of nitrogens with one attached hydrogen (secondary N) is 1. The van der Waals surface area contributed by atoms with Crippen LogP contribution in [0.5, 0.6) is 11.5 Å². The van der Waals surface area contributed by atoms with Gasteiger partial charge in [-0.05, 0) is 72.6 Å². The number of hydrogen-bond acceptors (Lipinski definition) is 5. The fourth-order valence-corrected chi connectivity index (χ4v) is 4.10. The Balaban J connectivity index is 1.71. The zero-order chi connectivity index (χ0) is 20.8. The molecule has 5 nitrogen and oxygen atoms in total. The molecule has 0 radical (unpaired) electrons. The Bertz CT molecular complexity index is 826. The zero-order valence-electron chi connectivity index (χ0n) is 17.1. The molecule has 7 heteroatoms. The first kappa shape index (κ1) is 22.1. The fourth-order valence-electron chi connectivity index (χ4n) is 3.22. The van der Waals surface area contributed by atoms with Gasteiger partial charge in [-0.1, -0.05) is 11.6 Å².